The van der Waals surface area contributed by atoms with E-state index in [9.17, 15) is 5.11 Å². The van der Waals surface area contributed by atoms with Crippen LogP contribution in [-0.4, -0.2) is 18.2 Å². The highest BCUT2D eigenvalue weighted by Crippen LogP contribution is 2.41. The molecule has 0 radical (unpaired) electrons. The van der Waals surface area contributed by atoms with Gasteiger partial charge < -0.3 is 10.0 Å². The van der Waals surface area contributed by atoms with E-state index in [-0.39, 0.29) is 10.8 Å². The van der Waals surface area contributed by atoms with E-state index in [1.807, 2.05) is 0 Å². The minimum absolute atomic E-state index is 0.0986. The Labute approximate surface area is 171 Å². The number of benzene rings is 2. The van der Waals surface area contributed by atoms with Gasteiger partial charge in [-0.2, -0.15) is 0 Å². The normalized spacial score (nSPS) is 17.5. The maximum absolute atomic E-state index is 11.1. The summed E-state index contributed by atoms with van der Waals surface area (Å²) in [6, 6.07) is 15.8. The number of quaternary nitrogens is 1. The molecule has 0 amide bonds. The van der Waals surface area contributed by atoms with Crippen molar-refractivity contribution in [3.05, 3.63) is 64.7 Å². The van der Waals surface area contributed by atoms with Gasteiger partial charge in [0.15, 0.2) is 0 Å². The van der Waals surface area contributed by atoms with Crippen LogP contribution >= 0.6 is 0 Å². The Kier molecular flexibility index (Phi) is 5.91. The Morgan fingerprint density at radius 3 is 1.71 bits per heavy atom. The highest BCUT2D eigenvalue weighted by molar-refractivity contribution is 5.51. The third-order valence-electron chi connectivity index (χ3n) is 6.12. The number of rotatable bonds is 3. The summed E-state index contributed by atoms with van der Waals surface area (Å²) in [4.78, 5) is 1.66. The van der Waals surface area contributed by atoms with Gasteiger partial charge in [0.1, 0.15) is 11.8 Å². The SMILES string of the molecule is CC(C)(C)c1cc([C@H](c2ccccc2)[NH+]2CCCCC2)cc(C(C)(C)C)c1O. The molecule has 2 aromatic carbocycles. The summed E-state index contributed by atoms with van der Waals surface area (Å²) >= 11 is 0. The molecule has 2 N–H and O–H groups in total. The average Bonchev–Trinajstić information content (AvgIpc) is 2.63. The highest BCUT2D eigenvalue weighted by Gasteiger charge is 2.32. The van der Waals surface area contributed by atoms with E-state index in [0.717, 1.165) is 11.1 Å². The van der Waals surface area contributed by atoms with E-state index in [2.05, 4.69) is 84.0 Å². The predicted octanol–water partition coefficient (Wildman–Crippen LogP) is 5.15. The van der Waals surface area contributed by atoms with Gasteiger partial charge in [-0.05, 0) is 42.2 Å². The second-order valence-corrected chi connectivity index (χ2v) is 10.5. The Morgan fingerprint density at radius 2 is 1.25 bits per heavy atom. The van der Waals surface area contributed by atoms with E-state index >= 15 is 0 Å². The van der Waals surface area contributed by atoms with Crippen LogP contribution in [0, 0.1) is 0 Å². The first-order valence-electron chi connectivity index (χ1n) is 10.9. The van der Waals surface area contributed by atoms with Gasteiger partial charge in [-0.3, -0.25) is 0 Å². The van der Waals surface area contributed by atoms with Crippen molar-refractivity contribution in [1.82, 2.24) is 0 Å². The molecule has 1 atom stereocenters. The lowest BCUT2D eigenvalue weighted by Crippen LogP contribution is -3.13. The summed E-state index contributed by atoms with van der Waals surface area (Å²) in [6.45, 7) is 15.6. The van der Waals surface area contributed by atoms with Crippen LogP contribution in [0.1, 0.15) is 89.1 Å². The number of hydrogen-bond donors (Lipinski definition) is 2. The first kappa shape index (κ1) is 20.9. The number of piperidine rings is 1. The van der Waals surface area contributed by atoms with Crippen molar-refractivity contribution in [1.29, 1.82) is 0 Å². The number of phenolic OH excluding ortho intramolecular Hbond substituents is 1. The molecule has 1 saturated heterocycles. The lowest BCUT2D eigenvalue weighted by atomic mass is 9.77. The second-order valence-electron chi connectivity index (χ2n) is 10.5. The molecule has 0 unspecified atom stereocenters. The molecule has 0 aromatic heterocycles. The molecule has 0 bridgehead atoms. The van der Waals surface area contributed by atoms with Gasteiger partial charge >= 0.3 is 0 Å². The zero-order valence-corrected chi connectivity index (χ0v) is 18.6. The smallest absolute Gasteiger partial charge is 0.139 e. The topological polar surface area (TPSA) is 24.7 Å². The summed E-state index contributed by atoms with van der Waals surface area (Å²) in [7, 11) is 0. The fraction of sp³-hybridized carbons (Fsp3) is 0.538. The highest BCUT2D eigenvalue weighted by atomic mass is 16.3. The van der Waals surface area contributed by atoms with Crippen LogP contribution < -0.4 is 4.90 Å². The zero-order valence-electron chi connectivity index (χ0n) is 18.6. The van der Waals surface area contributed by atoms with E-state index in [4.69, 9.17) is 0 Å². The molecule has 2 heteroatoms. The Morgan fingerprint density at radius 1 is 0.750 bits per heavy atom. The van der Waals surface area contributed by atoms with E-state index in [1.54, 1.807) is 4.90 Å². The Bertz CT molecular complexity index is 754. The molecule has 0 spiro atoms. The van der Waals surface area contributed by atoms with Crippen molar-refractivity contribution >= 4 is 0 Å². The van der Waals surface area contributed by atoms with E-state index in [0.29, 0.717) is 11.8 Å². The molecule has 1 aliphatic heterocycles. The van der Waals surface area contributed by atoms with E-state index in [1.165, 1.54) is 43.5 Å². The van der Waals surface area contributed by atoms with Crippen molar-refractivity contribution in [3.63, 3.8) is 0 Å². The molecule has 1 heterocycles. The maximum Gasteiger partial charge on any atom is 0.139 e. The molecular formula is C26H38NO+. The zero-order chi connectivity index (χ0) is 20.5. The van der Waals surface area contributed by atoms with Gasteiger partial charge in [-0.15, -0.1) is 0 Å². The summed E-state index contributed by atoms with van der Waals surface area (Å²) in [5, 5.41) is 11.1. The van der Waals surface area contributed by atoms with Gasteiger partial charge in [-0.1, -0.05) is 71.9 Å². The average molecular weight is 381 g/mol. The van der Waals surface area contributed by atoms with Crippen LogP contribution in [0.25, 0.3) is 0 Å². The molecule has 0 saturated carbocycles. The van der Waals surface area contributed by atoms with Crippen molar-refractivity contribution in [2.75, 3.05) is 13.1 Å². The van der Waals surface area contributed by atoms with Crippen LogP contribution in [-0.2, 0) is 10.8 Å². The third-order valence-corrected chi connectivity index (χ3v) is 6.12. The Balaban J connectivity index is 2.21. The van der Waals surface area contributed by atoms with Gasteiger partial charge in [0.05, 0.1) is 13.1 Å². The molecule has 152 valence electrons. The summed E-state index contributed by atoms with van der Waals surface area (Å²) in [6.07, 6.45) is 3.95. The summed E-state index contributed by atoms with van der Waals surface area (Å²) in [5.41, 5.74) is 4.65. The standard InChI is InChI=1S/C26H37NO/c1-25(2,3)21-17-20(18-22(24(21)28)26(4,5)6)23(19-13-9-7-10-14-19)27-15-11-8-12-16-27/h7,9-10,13-14,17-18,23,28H,8,11-12,15-16H2,1-6H3/p+1/t23-/m0/s1. The molecule has 3 rings (SSSR count). The summed E-state index contributed by atoms with van der Waals surface area (Å²) in [5.74, 6) is 0.476. The number of likely N-dealkylation sites (tertiary alicyclic amines) is 1. The van der Waals surface area contributed by atoms with Crippen LogP contribution in [0.3, 0.4) is 0 Å². The number of nitrogens with one attached hydrogen (secondary N) is 1. The first-order chi connectivity index (χ1) is 13.1. The van der Waals surface area contributed by atoms with Crippen molar-refractivity contribution in [2.45, 2.75) is 77.7 Å². The van der Waals surface area contributed by atoms with Gasteiger partial charge in [0.2, 0.25) is 0 Å². The molecule has 28 heavy (non-hydrogen) atoms. The minimum atomic E-state index is -0.0986. The molecule has 1 fully saturated rings. The molecule has 0 aliphatic carbocycles. The predicted molar refractivity (Wildman–Crippen MR) is 118 cm³/mol. The molecular weight excluding hydrogens is 342 g/mol. The Hall–Kier alpha value is -1.80. The number of phenols is 1. The second kappa shape index (κ2) is 7.91. The largest absolute Gasteiger partial charge is 0.507 e. The van der Waals surface area contributed by atoms with Crippen molar-refractivity contribution < 1.29 is 10.0 Å². The van der Waals surface area contributed by atoms with Crippen molar-refractivity contribution in [3.8, 4) is 5.75 Å². The van der Waals surface area contributed by atoms with Gasteiger partial charge in [0, 0.05) is 22.3 Å². The van der Waals surface area contributed by atoms with Crippen molar-refractivity contribution in [2.24, 2.45) is 0 Å². The first-order valence-corrected chi connectivity index (χ1v) is 10.9. The fourth-order valence-electron chi connectivity index (χ4n) is 4.57. The molecule has 2 aromatic rings. The van der Waals surface area contributed by atoms with Gasteiger partial charge in [0.25, 0.3) is 0 Å². The van der Waals surface area contributed by atoms with Crippen LogP contribution in [0.5, 0.6) is 5.75 Å². The monoisotopic (exact) mass is 380 g/mol. The lowest BCUT2D eigenvalue weighted by molar-refractivity contribution is -0.930. The minimum Gasteiger partial charge on any atom is -0.507 e. The third kappa shape index (κ3) is 4.43. The quantitative estimate of drug-likeness (QED) is 0.757. The molecule has 1 aliphatic rings. The van der Waals surface area contributed by atoms with E-state index < -0.39 is 0 Å². The number of aromatic hydroxyl groups is 1. The molecule has 2 nitrogen and oxygen atoms in total. The lowest BCUT2D eigenvalue weighted by Gasteiger charge is -2.34. The van der Waals surface area contributed by atoms with Crippen LogP contribution in [0.2, 0.25) is 0 Å². The van der Waals surface area contributed by atoms with Crippen LogP contribution in [0.15, 0.2) is 42.5 Å². The summed E-state index contributed by atoms with van der Waals surface area (Å²) < 4.78 is 0. The van der Waals surface area contributed by atoms with Gasteiger partial charge in [-0.25, -0.2) is 0 Å². The number of hydrogen-bond acceptors (Lipinski definition) is 1. The maximum atomic E-state index is 11.1. The van der Waals surface area contributed by atoms with Crippen LogP contribution in [0.4, 0.5) is 0 Å². The fourth-order valence-corrected chi connectivity index (χ4v) is 4.57.